The van der Waals surface area contributed by atoms with Crippen LogP contribution < -0.4 is 5.32 Å². The lowest BCUT2D eigenvalue weighted by molar-refractivity contribution is -0.384. The first-order chi connectivity index (χ1) is 13.0. The number of nitro groups is 1. The standard InChI is InChI=1S/C19H21ClN2O5/c1-26-18(13-27-12-14-5-3-2-4-6-14)17(20)11-21-19(23)15-7-9-16(10-8-15)22(24)25/h2-10,17-18H,11-13H2,1H3,(H,21,23)/t17-,18-/m1/s1. The first kappa shape index (κ1) is 20.8. The van der Waals surface area contributed by atoms with E-state index in [0.717, 1.165) is 5.56 Å². The summed E-state index contributed by atoms with van der Waals surface area (Å²) in [6.45, 7) is 0.900. The van der Waals surface area contributed by atoms with Crippen molar-refractivity contribution >= 4 is 23.2 Å². The zero-order valence-corrected chi connectivity index (χ0v) is 15.6. The molecule has 2 aromatic rings. The van der Waals surface area contributed by atoms with Crippen LogP contribution in [0.25, 0.3) is 0 Å². The monoisotopic (exact) mass is 392 g/mol. The Hall–Kier alpha value is -2.48. The maximum atomic E-state index is 12.1. The number of nitrogens with one attached hydrogen (secondary N) is 1. The van der Waals surface area contributed by atoms with Gasteiger partial charge in [-0.2, -0.15) is 0 Å². The van der Waals surface area contributed by atoms with Crippen LogP contribution in [0.15, 0.2) is 54.6 Å². The van der Waals surface area contributed by atoms with Crippen molar-refractivity contribution in [1.29, 1.82) is 0 Å². The Balaban J connectivity index is 1.78. The lowest BCUT2D eigenvalue weighted by atomic mass is 10.2. The van der Waals surface area contributed by atoms with Gasteiger partial charge in [-0.3, -0.25) is 14.9 Å². The zero-order chi connectivity index (χ0) is 19.6. The summed E-state index contributed by atoms with van der Waals surface area (Å²) in [7, 11) is 1.53. The third kappa shape index (κ3) is 6.63. The van der Waals surface area contributed by atoms with Crippen molar-refractivity contribution in [2.45, 2.75) is 18.1 Å². The molecule has 0 aliphatic rings. The predicted molar refractivity (Wildman–Crippen MR) is 102 cm³/mol. The van der Waals surface area contributed by atoms with Gasteiger partial charge >= 0.3 is 0 Å². The van der Waals surface area contributed by atoms with Crippen LogP contribution in [0, 0.1) is 10.1 Å². The van der Waals surface area contributed by atoms with Gasteiger partial charge in [0.15, 0.2) is 0 Å². The molecule has 8 heteroatoms. The molecule has 0 unspecified atom stereocenters. The fourth-order valence-corrected chi connectivity index (χ4v) is 2.60. The second kappa shape index (κ2) is 10.6. The summed E-state index contributed by atoms with van der Waals surface area (Å²) in [4.78, 5) is 22.3. The first-order valence-corrected chi connectivity index (χ1v) is 8.76. The summed E-state index contributed by atoms with van der Waals surface area (Å²) in [5.41, 5.74) is 1.29. The number of alkyl halides is 1. The molecule has 27 heavy (non-hydrogen) atoms. The summed E-state index contributed by atoms with van der Waals surface area (Å²) >= 11 is 6.32. The largest absolute Gasteiger partial charge is 0.377 e. The molecule has 0 spiro atoms. The number of hydrogen-bond acceptors (Lipinski definition) is 5. The smallest absolute Gasteiger partial charge is 0.269 e. The molecule has 2 atom stereocenters. The Bertz CT molecular complexity index is 740. The molecule has 144 valence electrons. The minimum atomic E-state index is -0.519. The highest BCUT2D eigenvalue weighted by molar-refractivity contribution is 6.21. The van der Waals surface area contributed by atoms with Crippen molar-refractivity contribution < 1.29 is 19.2 Å². The number of nitro benzene ring substituents is 1. The van der Waals surface area contributed by atoms with Gasteiger partial charge in [0.05, 0.1) is 29.6 Å². The van der Waals surface area contributed by atoms with Gasteiger partial charge in [-0.1, -0.05) is 30.3 Å². The number of ether oxygens (including phenoxy) is 2. The normalized spacial score (nSPS) is 13.0. The van der Waals surface area contributed by atoms with E-state index in [1.807, 2.05) is 30.3 Å². The molecule has 0 aliphatic carbocycles. The average Bonchev–Trinajstić information content (AvgIpc) is 2.70. The number of carbonyl (C=O) groups excluding carboxylic acids is 1. The third-order valence-electron chi connectivity index (χ3n) is 3.90. The molecule has 0 aliphatic heterocycles. The molecule has 2 aromatic carbocycles. The van der Waals surface area contributed by atoms with Crippen LogP contribution in [0.3, 0.4) is 0 Å². The number of benzene rings is 2. The highest BCUT2D eigenvalue weighted by Crippen LogP contribution is 2.13. The van der Waals surface area contributed by atoms with E-state index in [4.69, 9.17) is 21.1 Å². The predicted octanol–water partition coefficient (Wildman–Crippen LogP) is 3.16. The topological polar surface area (TPSA) is 90.7 Å². The average molecular weight is 393 g/mol. The van der Waals surface area contributed by atoms with E-state index >= 15 is 0 Å². The molecule has 0 bridgehead atoms. The Labute approximate surface area is 162 Å². The number of nitrogens with zero attached hydrogens (tertiary/aromatic N) is 1. The zero-order valence-electron chi connectivity index (χ0n) is 14.8. The van der Waals surface area contributed by atoms with Crippen molar-refractivity contribution in [3.63, 3.8) is 0 Å². The molecule has 0 aromatic heterocycles. The molecule has 0 radical (unpaired) electrons. The van der Waals surface area contributed by atoms with E-state index in [-0.39, 0.29) is 24.7 Å². The van der Waals surface area contributed by atoms with Crippen LogP contribution in [-0.2, 0) is 16.1 Å². The fourth-order valence-electron chi connectivity index (χ4n) is 2.35. The lowest BCUT2D eigenvalue weighted by Gasteiger charge is -2.21. The van der Waals surface area contributed by atoms with Crippen LogP contribution in [0.2, 0.25) is 0 Å². The van der Waals surface area contributed by atoms with Crippen molar-refractivity contribution in [1.82, 2.24) is 5.32 Å². The van der Waals surface area contributed by atoms with Crippen molar-refractivity contribution in [3.05, 3.63) is 75.8 Å². The molecular formula is C19H21ClN2O5. The van der Waals surface area contributed by atoms with Gasteiger partial charge < -0.3 is 14.8 Å². The maximum Gasteiger partial charge on any atom is 0.269 e. The number of carbonyl (C=O) groups is 1. The summed E-state index contributed by atoms with van der Waals surface area (Å²) < 4.78 is 11.0. The van der Waals surface area contributed by atoms with Gasteiger partial charge in [0.25, 0.3) is 11.6 Å². The Morgan fingerprint density at radius 2 is 1.85 bits per heavy atom. The summed E-state index contributed by atoms with van der Waals surface area (Å²) in [5.74, 6) is -0.365. The molecule has 0 fully saturated rings. The summed E-state index contributed by atoms with van der Waals surface area (Å²) in [6.07, 6.45) is -0.396. The first-order valence-electron chi connectivity index (χ1n) is 8.32. The van der Waals surface area contributed by atoms with E-state index in [2.05, 4.69) is 5.32 Å². The quantitative estimate of drug-likeness (QED) is 0.381. The van der Waals surface area contributed by atoms with E-state index in [0.29, 0.717) is 12.2 Å². The lowest BCUT2D eigenvalue weighted by Crippen LogP contribution is -2.39. The Morgan fingerprint density at radius 3 is 2.44 bits per heavy atom. The van der Waals surface area contributed by atoms with E-state index in [1.165, 1.54) is 31.4 Å². The van der Waals surface area contributed by atoms with Gasteiger partial charge in [0.1, 0.15) is 0 Å². The molecule has 0 saturated heterocycles. The van der Waals surface area contributed by atoms with E-state index in [1.54, 1.807) is 0 Å². The van der Waals surface area contributed by atoms with Crippen molar-refractivity contribution in [3.8, 4) is 0 Å². The van der Waals surface area contributed by atoms with Gasteiger partial charge in [-0.05, 0) is 17.7 Å². The number of hydrogen-bond donors (Lipinski definition) is 1. The van der Waals surface area contributed by atoms with Gasteiger partial charge in [-0.25, -0.2) is 0 Å². The summed E-state index contributed by atoms with van der Waals surface area (Å²) in [5, 5.41) is 12.8. The molecule has 0 saturated carbocycles. The van der Waals surface area contributed by atoms with Crippen molar-refractivity contribution in [2.75, 3.05) is 20.3 Å². The highest BCUT2D eigenvalue weighted by atomic mass is 35.5. The summed E-state index contributed by atoms with van der Waals surface area (Å²) in [6, 6.07) is 15.1. The van der Waals surface area contributed by atoms with Gasteiger partial charge in [0.2, 0.25) is 0 Å². The second-order valence-electron chi connectivity index (χ2n) is 5.80. The van der Waals surface area contributed by atoms with Crippen LogP contribution in [-0.4, -0.2) is 42.6 Å². The number of rotatable bonds is 10. The Morgan fingerprint density at radius 1 is 1.19 bits per heavy atom. The molecule has 1 amide bonds. The number of halogens is 1. The second-order valence-corrected chi connectivity index (χ2v) is 6.37. The van der Waals surface area contributed by atoms with Crippen LogP contribution in [0.5, 0.6) is 0 Å². The molecule has 1 N–H and O–H groups in total. The number of non-ortho nitro benzene ring substituents is 1. The maximum absolute atomic E-state index is 12.1. The molecule has 0 heterocycles. The van der Waals surface area contributed by atoms with Gasteiger partial charge in [0, 0.05) is 31.4 Å². The third-order valence-corrected chi connectivity index (χ3v) is 4.33. The van der Waals surface area contributed by atoms with Crippen LogP contribution in [0.4, 0.5) is 5.69 Å². The highest BCUT2D eigenvalue weighted by Gasteiger charge is 2.20. The molecular weight excluding hydrogens is 372 g/mol. The van der Waals surface area contributed by atoms with E-state index in [9.17, 15) is 14.9 Å². The van der Waals surface area contributed by atoms with Crippen LogP contribution in [0.1, 0.15) is 15.9 Å². The minimum Gasteiger partial charge on any atom is -0.377 e. The molecule has 2 rings (SSSR count). The SMILES string of the molecule is CO[C@H](COCc1ccccc1)[C@H](Cl)CNC(=O)c1ccc([N+](=O)[O-])cc1. The van der Waals surface area contributed by atoms with E-state index < -0.39 is 16.4 Å². The van der Waals surface area contributed by atoms with Gasteiger partial charge in [-0.15, -0.1) is 11.6 Å². The fraction of sp³-hybridized carbons (Fsp3) is 0.316. The minimum absolute atomic E-state index is 0.0724. The Kier molecular flexibility index (Phi) is 8.19. The number of methoxy groups -OCH3 is 1. The van der Waals surface area contributed by atoms with Crippen molar-refractivity contribution in [2.24, 2.45) is 0 Å². The number of amides is 1. The molecule has 7 nitrogen and oxygen atoms in total. The van der Waals surface area contributed by atoms with Crippen LogP contribution >= 0.6 is 11.6 Å².